The third-order valence-corrected chi connectivity index (χ3v) is 7.42. The topological polar surface area (TPSA) is 50.8 Å². The van der Waals surface area contributed by atoms with Gasteiger partial charge in [-0.2, -0.15) is 0 Å². The number of amides is 1. The number of carbonyl (C=O) groups is 1. The van der Waals surface area contributed by atoms with Crippen LogP contribution in [0.2, 0.25) is 0 Å². The molecule has 0 bridgehead atoms. The van der Waals surface area contributed by atoms with Crippen molar-refractivity contribution in [2.45, 2.75) is 57.6 Å². The van der Waals surface area contributed by atoms with Gasteiger partial charge in [-0.1, -0.05) is 26.3 Å². The molecule has 1 heterocycles. The zero-order valence-corrected chi connectivity index (χ0v) is 19.5. The van der Waals surface area contributed by atoms with Gasteiger partial charge in [0.1, 0.15) is 18.0 Å². The Bertz CT molecular complexity index is 848. The van der Waals surface area contributed by atoms with Crippen LogP contribution in [0.4, 0.5) is 4.39 Å². The van der Waals surface area contributed by atoms with Crippen LogP contribution in [-0.2, 0) is 21.5 Å². The number of carbonyl (C=O) groups excluding carboxylic acids is 1. The first-order valence-electron chi connectivity index (χ1n) is 11.4. The third kappa shape index (κ3) is 3.95. The molecular formula is C24H33FN2O3S. The molecule has 4 atom stereocenters. The fourth-order valence-corrected chi connectivity index (χ4v) is 5.98. The lowest BCUT2D eigenvalue weighted by Gasteiger charge is -2.39. The van der Waals surface area contributed by atoms with Gasteiger partial charge in [0.05, 0.1) is 19.3 Å². The monoisotopic (exact) mass is 448 g/mol. The second-order valence-electron chi connectivity index (χ2n) is 9.50. The molecule has 1 N–H and O–H groups in total. The molecule has 1 aromatic carbocycles. The molecule has 1 spiro atoms. The van der Waals surface area contributed by atoms with Crippen molar-refractivity contribution in [2.75, 3.05) is 26.9 Å². The molecule has 170 valence electrons. The molecule has 1 aromatic rings. The molecule has 0 aromatic heterocycles. The number of fused-ring (bicyclic) bond motifs is 2. The number of benzene rings is 1. The molecule has 2 fully saturated rings. The highest BCUT2D eigenvalue weighted by Crippen LogP contribution is 2.52. The Morgan fingerprint density at radius 2 is 2.16 bits per heavy atom. The minimum Gasteiger partial charge on any atom is -0.493 e. The Kier molecular flexibility index (Phi) is 6.54. The van der Waals surface area contributed by atoms with Gasteiger partial charge < -0.3 is 14.8 Å². The van der Waals surface area contributed by atoms with Crippen molar-refractivity contribution < 1.29 is 18.7 Å². The Balaban J connectivity index is 1.74. The average Bonchev–Trinajstić information content (AvgIpc) is 3.22. The third-order valence-electron chi connectivity index (χ3n) is 7.09. The maximum absolute atomic E-state index is 13.8. The van der Waals surface area contributed by atoms with Gasteiger partial charge in [-0.3, -0.25) is 9.69 Å². The number of rotatable bonds is 7. The normalized spacial score (nSPS) is 30.2. The van der Waals surface area contributed by atoms with Gasteiger partial charge in [-0.25, -0.2) is 4.39 Å². The minimum absolute atomic E-state index is 0.0105. The van der Waals surface area contributed by atoms with Crippen LogP contribution in [0.5, 0.6) is 5.75 Å². The summed E-state index contributed by atoms with van der Waals surface area (Å²) in [5, 5.41) is 3.71. The van der Waals surface area contributed by atoms with E-state index in [9.17, 15) is 9.18 Å². The summed E-state index contributed by atoms with van der Waals surface area (Å²) in [5.41, 5.74) is 1.14. The van der Waals surface area contributed by atoms with E-state index in [1.807, 2.05) is 12.1 Å². The molecule has 4 rings (SSSR count). The number of thiocarbonyl (C=S) groups is 1. The van der Waals surface area contributed by atoms with E-state index in [0.29, 0.717) is 23.6 Å². The molecule has 0 radical (unpaired) electrons. The van der Waals surface area contributed by atoms with Gasteiger partial charge in [0.15, 0.2) is 5.11 Å². The number of hydrogen-bond donors (Lipinski definition) is 1. The smallest absolute Gasteiger partial charge is 0.259 e. The zero-order chi connectivity index (χ0) is 22.2. The van der Waals surface area contributed by atoms with Gasteiger partial charge in [-0.05, 0) is 73.0 Å². The van der Waals surface area contributed by atoms with Crippen LogP contribution in [0.25, 0.3) is 0 Å². The Labute approximate surface area is 189 Å². The SMILES string of the molecule is COC1CCCC(C2Cc3ccc(OCC(C)C)cc3C23NC(=S)N(CCF)C3=O)C1. The van der Waals surface area contributed by atoms with Crippen LogP contribution < -0.4 is 10.1 Å². The number of nitrogens with one attached hydrogen (secondary N) is 1. The summed E-state index contributed by atoms with van der Waals surface area (Å²) in [5.74, 6) is 1.42. The van der Waals surface area contributed by atoms with Gasteiger partial charge in [0, 0.05) is 13.0 Å². The van der Waals surface area contributed by atoms with Crippen molar-refractivity contribution in [1.82, 2.24) is 10.2 Å². The number of methoxy groups -OCH3 is 1. The fourth-order valence-electron chi connectivity index (χ4n) is 5.64. The van der Waals surface area contributed by atoms with E-state index in [2.05, 4.69) is 25.2 Å². The van der Waals surface area contributed by atoms with Crippen molar-refractivity contribution in [3.05, 3.63) is 29.3 Å². The van der Waals surface area contributed by atoms with E-state index >= 15 is 0 Å². The lowest BCUT2D eigenvalue weighted by Crippen LogP contribution is -2.51. The highest BCUT2D eigenvalue weighted by Gasteiger charge is 2.61. The van der Waals surface area contributed by atoms with E-state index in [0.717, 1.165) is 49.0 Å². The van der Waals surface area contributed by atoms with Crippen molar-refractivity contribution in [1.29, 1.82) is 0 Å². The highest BCUT2D eigenvalue weighted by atomic mass is 32.1. The highest BCUT2D eigenvalue weighted by molar-refractivity contribution is 7.80. The number of alkyl halides is 1. The van der Waals surface area contributed by atoms with Crippen LogP contribution in [0.3, 0.4) is 0 Å². The Morgan fingerprint density at radius 1 is 1.35 bits per heavy atom. The van der Waals surface area contributed by atoms with Crippen LogP contribution >= 0.6 is 12.2 Å². The summed E-state index contributed by atoms with van der Waals surface area (Å²) in [6, 6.07) is 6.08. The largest absolute Gasteiger partial charge is 0.493 e. The van der Waals surface area contributed by atoms with Crippen molar-refractivity contribution in [3.8, 4) is 5.75 Å². The predicted molar refractivity (Wildman–Crippen MR) is 122 cm³/mol. The number of hydrogen-bond acceptors (Lipinski definition) is 4. The molecule has 1 aliphatic heterocycles. The number of halogens is 1. The molecule has 5 nitrogen and oxygen atoms in total. The Morgan fingerprint density at radius 3 is 2.87 bits per heavy atom. The molecule has 7 heteroatoms. The fraction of sp³-hybridized carbons (Fsp3) is 0.667. The molecular weight excluding hydrogens is 415 g/mol. The van der Waals surface area contributed by atoms with Gasteiger partial charge in [-0.15, -0.1) is 0 Å². The summed E-state index contributed by atoms with van der Waals surface area (Å²) in [6.45, 7) is 4.20. The number of nitrogens with zero attached hydrogens (tertiary/aromatic N) is 1. The first-order chi connectivity index (χ1) is 14.9. The van der Waals surface area contributed by atoms with Crippen molar-refractivity contribution in [3.63, 3.8) is 0 Å². The standard InChI is InChI=1S/C24H33FN2O3S/c1-15(2)14-30-19-8-7-17-12-20(16-5-4-6-18(11-16)29-3)24(21(17)13-19)22(28)27(10-9-25)23(31)26-24/h7-8,13,15-16,18,20H,4-6,9-12,14H2,1-3H3,(H,26,31). The first kappa shape index (κ1) is 22.5. The van der Waals surface area contributed by atoms with Crippen LogP contribution in [-0.4, -0.2) is 49.0 Å². The molecule has 1 amide bonds. The second kappa shape index (κ2) is 9.02. The summed E-state index contributed by atoms with van der Waals surface area (Å²) in [4.78, 5) is 15.2. The quantitative estimate of drug-likeness (QED) is 0.640. The van der Waals surface area contributed by atoms with Crippen LogP contribution in [0, 0.1) is 17.8 Å². The molecule has 4 unspecified atom stereocenters. The lowest BCUT2D eigenvalue weighted by atomic mass is 9.70. The molecule has 1 saturated heterocycles. The molecule has 31 heavy (non-hydrogen) atoms. The van der Waals surface area contributed by atoms with E-state index in [-0.39, 0.29) is 24.5 Å². The van der Waals surface area contributed by atoms with E-state index < -0.39 is 12.2 Å². The average molecular weight is 449 g/mol. The van der Waals surface area contributed by atoms with E-state index in [1.165, 1.54) is 4.90 Å². The number of ether oxygens (including phenoxy) is 2. The predicted octanol–water partition coefficient (Wildman–Crippen LogP) is 3.98. The molecule has 3 aliphatic rings. The summed E-state index contributed by atoms with van der Waals surface area (Å²) < 4.78 is 24.9. The van der Waals surface area contributed by atoms with Crippen molar-refractivity contribution >= 4 is 23.2 Å². The maximum Gasteiger partial charge on any atom is 0.259 e. The van der Waals surface area contributed by atoms with E-state index in [1.54, 1.807) is 7.11 Å². The Hall–Kier alpha value is -1.73. The van der Waals surface area contributed by atoms with Gasteiger partial charge >= 0.3 is 0 Å². The maximum atomic E-state index is 13.8. The zero-order valence-electron chi connectivity index (χ0n) is 18.7. The van der Waals surface area contributed by atoms with Gasteiger partial charge in [0.2, 0.25) is 0 Å². The first-order valence-corrected chi connectivity index (χ1v) is 11.8. The summed E-state index contributed by atoms with van der Waals surface area (Å²) >= 11 is 5.51. The lowest BCUT2D eigenvalue weighted by molar-refractivity contribution is -0.134. The van der Waals surface area contributed by atoms with Crippen molar-refractivity contribution in [2.24, 2.45) is 17.8 Å². The summed E-state index contributed by atoms with van der Waals surface area (Å²) in [7, 11) is 1.77. The minimum atomic E-state index is -0.945. The summed E-state index contributed by atoms with van der Waals surface area (Å²) in [6.07, 6.45) is 5.14. The van der Waals surface area contributed by atoms with E-state index in [4.69, 9.17) is 21.7 Å². The van der Waals surface area contributed by atoms with Gasteiger partial charge in [0.25, 0.3) is 5.91 Å². The molecule has 1 saturated carbocycles. The van der Waals surface area contributed by atoms with Crippen LogP contribution in [0.1, 0.15) is 50.7 Å². The van der Waals surface area contributed by atoms with Crippen LogP contribution in [0.15, 0.2) is 18.2 Å². The molecule has 2 aliphatic carbocycles. The second-order valence-corrected chi connectivity index (χ2v) is 9.89.